The number of amides is 1. The summed E-state index contributed by atoms with van der Waals surface area (Å²) >= 11 is 12.2. The molecule has 3 aromatic rings. The molecule has 1 N–H and O–H groups in total. The summed E-state index contributed by atoms with van der Waals surface area (Å²) in [4.78, 5) is 17.1. The van der Waals surface area contributed by atoms with Crippen molar-refractivity contribution >= 4 is 40.1 Å². The number of aryl methyl sites for hydroxylation is 2. The van der Waals surface area contributed by atoms with E-state index in [1.807, 2.05) is 0 Å². The van der Waals surface area contributed by atoms with Gasteiger partial charge in [0.1, 0.15) is 11.1 Å². The predicted molar refractivity (Wildman–Crippen MR) is 101 cm³/mol. The van der Waals surface area contributed by atoms with Gasteiger partial charge in [-0.25, -0.2) is 4.99 Å². The van der Waals surface area contributed by atoms with Crippen LogP contribution in [0.4, 0.5) is 0 Å². The second-order valence-corrected chi connectivity index (χ2v) is 7.14. The molecule has 0 atom stereocenters. The van der Waals surface area contributed by atoms with Crippen LogP contribution in [0.15, 0.2) is 33.9 Å². The number of carbonyl (C=O) groups is 1. The summed E-state index contributed by atoms with van der Waals surface area (Å²) < 4.78 is 12.1. The molecule has 4 rings (SSSR count). The van der Waals surface area contributed by atoms with Crippen molar-refractivity contribution in [2.24, 2.45) is 4.99 Å². The molecule has 1 aliphatic rings. The van der Waals surface area contributed by atoms with Crippen LogP contribution >= 0.6 is 23.2 Å². The van der Waals surface area contributed by atoms with E-state index in [1.165, 1.54) is 12.4 Å². The van der Waals surface area contributed by atoms with E-state index in [-0.39, 0.29) is 15.4 Å². The second-order valence-electron chi connectivity index (χ2n) is 6.33. The molecule has 1 amide bonds. The Bertz CT molecular complexity index is 1100. The van der Waals surface area contributed by atoms with Crippen molar-refractivity contribution in [1.29, 1.82) is 0 Å². The van der Waals surface area contributed by atoms with E-state index in [4.69, 9.17) is 32.4 Å². The zero-order valence-corrected chi connectivity index (χ0v) is 16.0. The minimum Gasteiger partial charge on any atom is -0.493 e. The second kappa shape index (κ2) is 6.94. The maximum atomic E-state index is 13.0. The average molecular weight is 407 g/mol. The molecule has 0 aliphatic heterocycles. The number of ether oxygens (including phenoxy) is 1. The van der Waals surface area contributed by atoms with Crippen LogP contribution in [0.3, 0.4) is 0 Å². The molecule has 1 aromatic carbocycles. The number of methoxy groups -OCH3 is 1. The fraction of sp³-hybridized carbons (Fsp3) is 0.263. The first kappa shape index (κ1) is 17.9. The molecule has 0 saturated carbocycles. The van der Waals surface area contributed by atoms with E-state index in [9.17, 15) is 10.0 Å². The summed E-state index contributed by atoms with van der Waals surface area (Å²) in [5, 5.41) is 10.4. The Kier molecular flexibility index (Phi) is 4.61. The van der Waals surface area contributed by atoms with Gasteiger partial charge in [-0.15, -0.1) is 0 Å². The van der Waals surface area contributed by atoms with Gasteiger partial charge in [0.2, 0.25) is 0 Å². The third-order valence-corrected chi connectivity index (χ3v) is 5.23. The summed E-state index contributed by atoms with van der Waals surface area (Å²) in [5.41, 5.74) is 2.00. The SMILES string of the molecule is COc1ccc(C(=O)N=c2c(Cl)cn(O)cc2Cl)c2c3c(oc12)CCCC3. The lowest BCUT2D eigenvalue weighted by atomic mass is 9.93. The number of carbonyl (C=O) groups excluding carboxylic acids is 1. The van der Waals surface area contributed by atoms with Crippen LogP contribution in [0, 0.1) is 0 Å². The number of furan rings is 1. The summed E-state index contributed by atoms with van der Waals surface area (Å²) in [5.74, 6) is 0.983. The quantitative estimate of drug-likeness (QED) is 0.639. The molecule has 0 radical (unpaired) electrons. The maximum absolute atomic E-state index is 13.0. The third-order valence-electron chi connectivity index (χ3n) is 4.67. The molecule has 1 aliphatic carbocycles. The first-order valence-corrected chi connectivity index (χ1v) is 9.22. The Morgan fingerprint density at radius 1 is 1.22 bits per heavy atom. The molecule has 2 heterocycles. The molecule has 6 nitrogen and oxygen atoms in total. The van der Waals surface area contributed by atoms with Gasteiger partial charge in [0.15, 0.2) is 11.3 Å². The Hall–Kier alpha value is -2.44. The minimum atomic E-state index is -0.490. The van der Waals surface area contributed by atoms with Crippen molar-refractivity contribution in [3.63, 3.8) is 0 Å². The van der Waals surface area contributed by atoms with E-state index < -0.39 is 5.91 Å². The smallest absolute Gasteiger partial charge is 0.278 e. The number of aromatic nitrogens is 1. The number of hydrogen-bond acceptors (Lipinski definition) is 4. The standard InChI is InChI=1S/C19H16Cl2N2O4/c1-26-15-7-6-11(16-10-4-2-3-5-14(10)27-18(15)16)19(24)22-17-12(20)8-23(25)9-13(17)21/h6-9,25H,2-5H2,1H3. The van der Waals surface area contributed by atoms with Gasteiger partial charge in [-0.2, -0.15) is 4.73 Å². The minimum absolute atomic E-state index is 0.0670. The number of hydrogen-bond donors (Lipinski definition) is 1. The molecule has 2 aromatic heterocycles. The Labute approximate surface area is 164 Å². The highest BCUT2D eigenvalue weighted by molar-refractivity contribution is 6.34. The fourth-order valence-corrected chi connectivity index (χ4v) is 3.99. The molecule has 0 unspecified atom stereocenters. The number of rotatable bonds is 2. The van der Waals surface area contributed by atoms with Crippen molar-refractivity contribution < 1.29 is 19.2 Å². The van der Waals surface area contributed by atoms with Gasteiger partial charge in [-0.05, 0) is 31.4 Å². The topological polar surface area (TPSA) is 77.0 Å². The van der Waals surface area contributed by atoms with Gasteiger partial charge in [0.25, 0.3) is 5.91 Å². The number of benzene rings is 1. The summed E-state index contributed by atoms with van der Waals surface area (Å²) in [6, 6.07) is 3.37. The van der Waals surface area contributed by atoms with Crippen molar-refractivity contribution in [1.82, 2.24) is 4.73 Å². The van der Waals surface area contributed by atoms with Crippen LogP contribution in [-0.4, -0.2) is 23.0 Å². The van der Waals surface area contributed by atoms with Gasteiger partial charge in [0, 0.05) is 17.4 Å². The van der Waals surface area contributed by atoms with E-state index in [1.54, 1.807) is 19.2 Å². The van der Waals surface area contributed by atoms with Crippen molar-refractivity contribution in [2.45, 2.75) is 25.7 Å². The first-order chi connectivity index (χ1) is 13.0. The lowest BCUT2D eigenvalue weighted by Gasteiger charge is -2.10. The molecule has 0 bridgehead atoms. The van der Waals surface area contributed by atoms with Crippen LogP contribution < -0.4 is 10.1 Å². The molecule has 140 valence electrons. The van der Waals surface area contributed by atoms with Gasteiger partial charge in [-0.3, -0.25) is 4.79 Å². The monoisotopic (exact) mass is 406 g/mol. The van der Waals surface area contributed by atoms with Crippen molar-refractivity contribution in [2.75, 3.05) is 7.11 Å². The maximum Gasteiger partial charge on any atom is 0.278 e. The molecule has 0 spiro atoms. The molecular formula is C19H16Cl2N2O4. The summed E-state index contributed by atoms with van der Waals surface area (Å²) in [7, 11) is 1.57. The van der Waals surface area contributed by atoms with Crippen molar-refractivity contribution in [3.8, 4) is 5.75 Å². The van der Waals surface area contributed by atoms with Crippen LogP contribution in [0.5, 0.6) is 5.75 Å². The average Bonchev–Trinajstić information content (AvgIpc) is 3.03. The summed E-state index contributed by atoms with van der Waals surface area (Å²) in [6.07, 6.45) is 6.19. The Balaban J connectivity index is 1.93. The molecule has 0 saturated heterocycles. The lowest BCUT2D eigenvalue weighted by Crippen LogP contribution is -2.13. The highest BCUT2D eigenvalue weighted by Gasteiger charge is 2.25. The fourth-order valence-electron chi connectivity index (χ4n) is 3.46. The third kappa shape index (κ3) is 3.09. The van der Waals surface area contributed by atoms with Crippen LogP contribution in [0.25, 0.3) is 11.0 Å². The van der Waals surface area contributed by atoms with E-state index in [0.717, 1.165) is 42.4 Å². The van der Waals surface area contributed by atoms with Gasteiger partial charge in [0.05, 0.1) is 35.1 Å². The molecule has 0 fully saturated rings. The van der Waals surface area contributed by atoms with Crippen molar-refractivity contribution in [3.05, 3.63) is 56.8 Å². The normalized spacial score (nSPS) is 13.4. The van der Waals surface area contributed by atoms with E-state index in [0.29, 0.717) is 21.6 Å². The molecular weight excluding hydrogens is 391 g/mol. The molecule has 27 heavy (non-hydrogen) atoms. The zero-order chi connectivity index (χ0) is 19.1. The zero-order valence-electron chi connectivity index (χ0n) is 14.5. The van der Waals surface area contributed by atoms with Gasteiger partial charge in [-0.1, -0.05) is 23.2 Å². The Morgan fingerprint density at radius 3 is 2.63 bits per heavy atom. The number of halogens is 2. The van der Waals surface area contributed by atoms with Crippen LogP contribution in [0.1, 0.15) is 34.5 Å². The van der Waals surface area contributed by atoms with Crippen LogP contribution in [-0.2, 0) is 12.8 Å². The van der Waals surface area contributed by atoms with Gasteiger partial charge >= 0.3 is 0 Å². The highest BCUT2D eigenvalue weighted by atomic mass is 35.5. The highest BCUT2D eigenvalue weighted by Crippen LogP contribution is 2.39. The number of fused-ring (bicyclic) bond motifs is 3. The summed E-state index contributed by atoms with van der Waals surface area (Å²) in [6.45, 7) is 0. The number of nitrogens with zero attached hydrogens (tertiary/aromatic N) is 2. The predicted octanol–water partition coefficient (Wildman–Crippen LogP) is 4.41. The molecule has 8 heteroatoms. The van der Waals surface area contributed by atoms with E-state index >= 15 is 0 Å². The van der Waals surface area contributed by atoms with Gasteiger partial charge < -0.3 is 14.4 Å². The first-order valence-electron chi connectivity index (χ1n) is 8.46. The lowest BCUT2D eigenvalue weighted by molar-refractivity contribution is 0.0999. The van der Waals surface area contributed by atoms with E-state index in [2.05, 4.69) is 4.99 Å². The Morgan fingerprint density at radius 2 is 1.93 bits per heavy atom. The number of pyridine rings is 1. The largest absolute Gasteiger partial charge is 0.493 e. The van der Waals surface area contributed by atoms with Crippen LogP contribution in [0.2, 0.25) is 10.0 Å².